The van der Waals surface area contributed by atoms with Gasteiger partial charge in [-0.2, -0.15) is 0 Å². The van der Waals surface area contributed by atoms with Crippen LogP contribution in [0.3, 0.4) is 0 Å². The van der Waals surface area contributed by atoms with Crippen LogP contribution in [-0.4, -0.2) is 207 Å². The molecule has 75 heavy (non-hydrogen) atoms. The van der Waals surface area contributed by atoms with Crippen LogP contribution in [0.5, 0.6) is 0 Å². The van der Waals surface area contributed by atoms with Crippen LogP contribution in [-0.2, 0) is 49.2 Å². The van der Waals surface area contributed by atoms with Gasteiger partial charge in [0.1, 0.15) is 48.8 Å². The molecule has 6 rings (SSSR count). The summed E-state index contributed by atoms with van der Waals surface area (Å²) >= 11 is 0. The number of methoxy groups -OCH3 is 2. The summed E-state index contributed by atoms with van der Waals surface area (Å²) in [6.07, 6.45) is -7.62. The van der Waals surface area contributed by atoms with Crippen LogP contribution in [0.4, 0.5) is 10.1 Å². The molecule has 2 aromatic rings. The van der Waals surface area contributed by atoms with Crippen molar-refractivity contribution < 1.29 is 72.7 Å². The van der Waals surface area contributed by atoms with E-state index in [0.29, 0.717) is 44.6 Å². The third-order valence-electron chi connectivity index (χ3n) is 16.9. The Balaban J connectivity index is 1.25. The number of aliphatic hydroxyl groups is 5. The molecule has 20 atom stereocenters. The van der Waals surface area contributed by atoms with Crippen molar-refractivity contribution in [2.75, 3.05) is 59.5 Å². The second-order valence-corrected chi connectivity index (χ2v) is 22.9. The highest BCUT2D eigenvalue weighted by Crippen LogP contribution is 2.41. The van der Waals surface area contributed by atoms with Crippen molar-refractivity contribution in [3.63, 3.8) is 0 Å². The third kappa shape index (κ3) is 13.6. The maximum absolute atomic E-state index is 14.9. The van der Waals surface area contributed by atoms with Crippen molar-refractivity contribution in [1.29, 1.82) is 0 Å². The molecule has 5 N–H and O–H groups in total. The summed E-state index contributed by atoms with van der Waals surface area (Å²) in [6, 6.07) is 5.40. The molecule has 1 aromatic carbocycles. The number of rotatable bonds is 16. The van der Waals surface area contributed by atoms with Gasteiger partial charge in [0.2, 0.25) is 5.91 Å². The van der Waals surface area contributed by atoms with E-state index in [1.165, 1.54) is 25.8 Å². The lowest BCUT2D eigenvalue weighted by molar-refractivity contribution is -0.318. The van der Waals surface area contributed by atoms with E-state index in [4.69, 9.17) is 33.2 Å². The second-order valence-electron chi connectivity index (χ2n) is 22.9. The molecule has 0 unspecified atom stereocenters. The molecule has 0 aliphatic carbocycles. The van der Waals surface area contributed by atoms with Crippen LogP contribution in [0.15, 0.2) is 30.5 Å². The van der Waals surface area contributed by atoms with E-state index in [1.807, 2.05) is 62.0 Å². The number of benzene rings is 1. The highest BCUT2D eigenvalue weighted by atomic mass is 19.1. The van der Waals surface area contributed by atoms with E-state index in [-0.39, 0.29) is 31.1 Å². The van der Waals surface area contributed by atoms with Crippen LogP contribution in [0.25, 0.3) is 0 Å². The number of cyclic esters (lactones) is 1. The summed E-state index contributed by atoms with van der Waals surface area (Å²) in [7, 11) is 6.71. The Labute approximate surface area is 443 Å². The van der Waals surface area contributed by atoms with Crippen LogP contribution >= 0.6 is 0 Å². The van der Waals surface area contributed by atoms with Crippen molar-refractivity contribution in [1.82, 2.24) is 24.8 Å². The predicted molar refractivity (Wildman–Crippen MR) is 275 cm³/mol. The molecule has 1 aromatic heterocycles. The average molecular weight is 1070 g/mol. The summed E-state index contributed by atoms with van der Waals surface area (Å²) in [4.78, 5) is 32.1. The normalized spacial score (nSPS) is 39.9. The number of anilines is 1. The highest BCUT2D eigenvalue weighted by Gasteiger charge is 2.53. The number of amides is 1. The Morgan fingerprint density at radius 2 is 1.64 bits per heavy atom. The molecular formula is C54H89FN6O14. The minimum absolute atomic E-state index is 0.0595. The number of alkyl halides is 1. The van der Waals surface area contributed by atoms with Gasteiger partial charge in [0.05, 0.1) is 47.2 Å². The van der Waals surface area contributed by atoms with Gasteiger partial charge in [-0.1, -0.05) is 38.1 Å². The van der Waals surface area contributed by atoms with E-state index in [0.717, 1.165) is 11.3 Å². The fraction of sp³-hybridized carbons (Fsp3) is 0.815. The van der Waals surface area contributed by atoms with Gasteiger partial charge in [-0.3, -0.25) is 9.59 Å². The summed E-state index contributed by atoms with van der Waals surface area (Å²) in [5.41, 5.74) is -2.51. The number of halogens is 1. The van der Waals surface area contributed by atoms with E-state index >= 15 is 0 Å². The first-order chi connectivity index (χ1) is 35.2. The lowest BCUT2D eigenvalue weighted by Gasteiger charge is -2.49. The molecule has 4 saturated heterocycles. The van der Waals surface area contributed by atoms with Gasteiger partial charge in [0.15, 0.2) is 12.6 Å². The molecular weight excluding hydrogens is 976 g/mol. The Morgan fingerprint density at radius 3 is 2.23 bits per heavy atom. The van der Waals surface area contributed by atoms with Gasteiger partial charge in [-0.25, -0.2) is 9.07 Å². The molecule has 21 heteroatoms. The van der Waals surface area contributed by atoms with Crippen LogP contribution in [0.1, 0.15) is 125 Å². The fourth-order valence-corrected chi connectivity index (χ4v) is 11.9. The molecule has 0 radical (unpaired) electrons. The lowest BCUT2D eigenvalue weighted by Crippen LogP contribution is -2.61. The van der Waals surface area contributed by atoms with Crippen LogP contribution in [0.2, 0.25) is 0 Å². The third-order valence-corrected chi connectivity index (χ3v) is 16.9. The van der Waals surface area contributed by atoms with Gasteiger partial charge in [0, 0.05) is 83.0 Å². The largest absolute Gasteiger partial charge is 0.459 e. The number of aromatic nitrogens is 3. The molecule has 1 amide bonds. The molecule has 4 aliphatic heterocycles. The zero-order valence-corrected chi connectivity index (χ0v) is 46.7. The second kappa shape index (κ2) is 25.2. The number of ether oxygens (including phenoxy) is 7. The number of carbonyl (C=O) groups is 2. The van der Waals surface area contributed by atoms with Crippen molar-refractivity contribution >= 4 is 17.6 Å². The minimum atomic E-state index is -1.86. The number of hydrogen-bond acceptors (Lipinski definition) is 18. The smallest absolute Gasteiger partial charge is 0.311 e. The number of β-lactam (4-membered cyclic amide) rings is 1. The SMILES string of the molecule is CC[C@H]1OC(=O)[C@H](C)[C@@H](O[C@H]2C[C@@](C)(OC)[C@@H](O)[C@H](C)O2)[C@H](C)[C@@H](O[C@@H]2O[C@H](C)C[C@H](N(C)CCc3cn([C@H](CF)[C@H](OC)c4ccc(N5CCC5=O)cc4)nn3)[C@H]2O)[C@](C)(O)C[C@@H](C)CN(C)[C@H](C)[C@@H](O)[C@]1(C)O. The Bertz CT molecular complexity index is 2160. The number of esters is 1. The maximum atomic E-state index is 14.9. The molecule has 5 heterocycles. The molecule has 4 fully saturated rings. The number of likely N-dealkylation sites (N-methyl/N-ethyl adjacent to an activating group) is 2. The Morgan fingerprint density at radius 1 is 0.960 bits per heavy atom. The first-order valence-corrected chi connectivity index (χ1v) is 26.9. The van der Waals surface area contributed by atoms with Crippen molar-refractivity contribution in [3.05, 3.63) is 41.7 Å². The number of carbonyl (C=O) groups excluding carboxylic acids is 2. The zero-order valence-electron chi connectivity index (χ0n) is 46.7. The summed E-state index contributed by atoms with van der Waals surface area (Å²) in [5.74, 6) is -2.84. The van der Waals surface area contributed by atoms with Crippen molar-refractivity contribution in [2.24, 2.45) is 17.8 Å². The van der Waals surface area contributed by atoms with Gasteiger partial charge in [-0.05, 0) is 105 Å². The van der Waals surface area contributed by atoms with E-state index in [9.17, 15) is 39.5 Å². The number of nitrogens with zero attached hydrogens (tertiary/aromatic N) is 6. The van der Waals surface area contributed by atoms with Gasteiger partial charge in [-0.15, -0.1) is 5.10 Å². The molecule has 0 bridgehead atoms. The fourth-order valence-electron chi connectivity index (χ4n) is 11.9. The van der Waals surface area contributed by atoms with E-state index in [1.54, 1.807) is 59.6 Å². The van der Waals surface area contributed by atoms with E-state index < -0.39 is 127 Å². The van der Waals surface area contributed by atoms with Gasteiger partial charge < -0.3 is 73.4 Å². The minimum Gasteiger partial charge on any atom is -0.459 e. The quantitative estimate of drug-likeness (QED) is 0.119. The maximum Gasteiger partial charge on any atom is 0.311 e. The number of hydrogen-bond donors (Lipinski definition) is 5. The van der Waals surface area contributed by atoms with Gasteiger partial charge in [0.25, 0.3) is 0 Å². The zero-order chi connectivity index (χ0) is 55.5. The Kier molecular flexibility index (Phi) is 20.5. The van der Waals surface area contributed by atoms with Gasteiger partial charge >= 0.3 is 5.97 Å². The lowest BCUT2D eigenvalue weighted by atomic mass is 9.77. The standard InChI is InChI=1S/C54H89FN6O14/c1-15-41-54(10,68)47(64)34(6)59(12)28-30(2)25-52(8,67)49(32(4)45(33(5)50(66)73-41)74-43-26-53(9,70-14)48(65)35(7)72-43)75-51-44(63)39(24-31(3)71-51)58(11)22-20-37-29-61(57-56-37)40(27-55)46(69-13)36-16-18-38(19-17-36)60-23-21-42(60)62/h16-19,29-35,39-41,43-49,51,63-65,67-68H,15,20-28H2,1-14H3/t30-,31-,32+,33-,34-,35+,39+,40-,41-,43+,44-,45+,46-,47-,48+,49-,51+,52-,53-,54-/m1/s1. The molecule has 20 nitrogen and oxygen atoms in total. The molecule has 0 saturated carbocycles. The number of aliphatic hydroxyl groups excluding tert-OH is 3. The van der Waals surface area contributed by atoms with E-state index in [2.05, 4.69) is 10.3 Å². The molecule has 426 valence electrons. The highest BCUT2D eigenvalue weighted by molar-refractivity contribution is 5.99. The summed E-state index contributed by atoms with van der Waals surface area (Å²) in [5, 5.41) is 68.5. The topological polar surface area (TPSA) is 240 Å². The van der Waals surface area contributed by atoms with Crippen LogP contribution in [0, 0.1) is 17.8 Å². The predicted octanol–water partition coefficient (Wildman–Crippen LogP) is 3.74. The van der Waals surface area contributed by atoms with Crippen molar-refractivity contribution in [2.45, 2.75) is 210 Å². The first kappa shape index (κ1) is 60.9. The summed E-state index contributed by atoms with van der Waals surface area (Å²) < 4.78 is 60.4. The Hall–Kier alpha value is -3.29. The first-order valence-electron chi connectivity index (χ1n) is 26.9. The monoisotopic (exact) mass is 1060 g/mol. The summed E-state index contributed by atoms with van der Waals surface area (Å²) in [6.45, 7) is 18.1. The molecule has 0 spiro atoms. The average Bonchev–Trinajstić information content (AvgIpc) is 3.84. The van der Waals surface area contributed by atoms with Crippen LogP contribution < -0.4 is 4.90 Å². The molecule has 4 aliphatic rings. The van der Waals surface area contributed by atoms with Crippen molar-refractivity contribution in [3.8, 4) is 0 Å².